The van der Waals surface area contributed by atoms with Crippen LogP contribution in [0.5, 0.6) is 17.2 Å². The van der Waals surface area contributed by atoms with Crippen LogP contribution in [0.2, 0.25) is 0 Å². The molecule has 2 aromatic carbocycles. The van der Waals surface area contributed by atoms with Crippen molar-refractivity contribution in [1.29, 1.82) is 0 Å². The van der Waals surface area contributed by atoms with Crippen LogP contribution in [-0.2, 0) is 14.8 Å². The van der Waals surface area contributed by atoms with Crippen LogP contribution in [0.3, 0.4) is 0 Å². The molecule has 9 heteroatoms. The van der Waals surface area contributed by atoms with E-state index in [-0.39, 0.29) is 11.7 Å². The van der Waals surface area contributed by atoms with Crippen LogP contribution in [0.25, 0.3) is 0 Å². The Labute approximate surface area is 177 Å². The van der Waals surface area contributed by atoms with Crippen molar-refractivity contribution >= 4 is 21.6 Å². The number of carbonyl (C=O) groups excluding carboxylic acids is 1. The summed E-state index contributed by atoms with van der Waals surface area (Å²) in [7, 11) is 0.727. The van der Waals surface area contributed by atoms with Gasteiger partial charge in [-0.15, -0.1) is 0 Å². The highest BCUT2D eigenvalue weighted by molar-refractivity contribution is 7.92. The van der Waals surface area contributed by atoms with E-state index in [1.165, 1.54) is 20.3 Å². The Kier molecular flexibility index (Phi) is 7.93. The molecule has 0 saturated carbocycles. The maximum atomic E-state index is 12.8. The molecule has 1 amide bonds. The average molecular weight is 437 g/mol. The smallest absolute Gasteiger partial charge is 0.241 e. The third-order valence-corrected chi connectivity index (χ3v) is 5.73. The van der Waals surface area contributed by atoms with E-state index in [9.17, 15) is 13.2 Å². The largest absolute Gasteiger partial charge is 0.497 e. The number of nitrogens with one attached hydrogen (secondary N) is 1. The number of benzene rings is 2. The molecule has 0 saturated heterocycles. The van der Waals surface area contributed by atoms with Gasteiger partial charge in [-0.1, -0.05) is 19.1 Å². The lowest BCUT2D eigenvalue weighted by Crippen LogP contribution is -2.41. The first-order chi connectivity index (χ1) is 14.2. The molecule has 0 spiro atoms. The molecule has 0 bridgehead atoms. The number of methoxy groups -OCH3 is 3. The highest BCUT2D eigenvalue weighted by Crippen LogP contribution is 2.33. The molecular formula is C21H28N2O6S. The van der Waals surface area contributed by atoms with Crippen molar-refractivity contribution in [3.8, 4) is 17.2 Å². The van der Waals surface area contributed by atoms with Crippen LogP contribution in [0.1, 0.15) is 24.9 Å². The lowest BCUT2D eigenvalue weighted by atomic mass is 10.0. The third kappa shape index (κ3) is 5.79. The standard InChI is InChI=1S/C21H28N2O6S/c1-6-18(15-7-9-16(27-2)10-8-15)22-21(24)14-23(30(5,25)26)19-13-17(28-3)11-12-20(19)29-4/h7-13,18H,6,14H2,1-5H3,(H,22,24)/t18-/m0/s1. The van der Waals surface area contributed by atoms with Crippen LogP contribution >= 0.6 is 0 Å². The normalized spacial score (nSPS) is 12.0. The van der Waals surface area contributed by atoms with Gasteiger partial charge >= 0.3 is 0 Å². The fraction of sp³-hybridized carbons (Fsp3) is 0.381. The maximum absolute atomic E-state index is 12.8. The zero-order chi connectivity index (χ0) is 22.3. The summed E-state index contributed by atoms with van der Waals surface area (Å²) in [4.78, 5) is 12.8. The van der Waals surface area contributed by atoms with Crippen LogP contribution in [0, 0.1) is 0 Å². The van der Waals surface area contributed by atoms with Gasteiger partial charge in [0.15, 0.2) is 0 Å². The quantitative estimate of drug-likeness (QED) is 0.616. The molecule has 8 nitrogen and oxygen atoms in total. The summed E-state index contributed by atoms with van der Waals surface area (Å²) in [5.74, 6) is 1.04. The van der Waals surface area contributed by atoms with Crippen LogP contribution in [0.15, 0.2) is 42.5 Å². The minimum Gasteiger partial charge on any atom is -0.497 e. The summed E-state index contributed by atoms with van der Waals surface area (Å²) < 4.78 is 41.6. The minimum atomic E-state index is -3.77. The second-order valence-electron chi connectivity index (χ2n) is 6.61. The zero-order valence-electron chi connectivity index (χ0n) is 17.8. The molecule has 0 aliphatic carbocycles. The fourth-order valence-corrected chi connectivity index (χ4v) is 3.85. The lowest BCUT2D eigenvalue weighted by molar-refractivity contribution is -0.120. The molecule has 30 heavy (non-hydrogen) atoms. The predicted molar refractivity (Wildman–Crippen MR) is 116 cm³/mol. The Balaban J connectivity index is 2.27. The Morgan fingerprint density at radius 1 is 1.00 bits per heavy atom. The average Bonchev–Trinajstić information content (AvgIpc) is 2.74. The van der Waals surface area contributed by atoms with Crippen LogP contribution in [-0.4, -0.2) is 48.5 Å². The Bertz CT molecular complexity index is 960. The molecule has 1 N–H and O–H groups in total. The van der Waals surface area contributed by atoms with Gasteiger partial charge in [-0.2, -0.15) is 0 Å². The third-order valence-electron chi connectivity index (χ3n) is 4.60. The zero-order valence-corrected chi connectivity index (χ0v) is 18.7. The number of sulfonamides is 1. The van der Waals surface area contributed by atoms with E-state index >= 15 is 0 Å². The summed E-state index contributed by atoms with van der Waals surface area (Å²) >= 11 is 0. The van der Waals surface area contributed by atoms with Crippen molar-refractivity contribution in [2.75, 3.05) is 38.4 Å². The summed E-state index contributed by atoms with van der Waals surface area (Å²) in [6.07, 6.45) is 1.68. The molecule has 1 atom stereocenters. The summed E-state index contributed by atoms with van der Waals surface area (Å²) in [5.41, 5.74) is 1.13. The molecule has 2 aromatic rings. The van der Waals surface area contributed by atoms with Crippen molar-refractivity contribution in [2.45, 2.75) is 19.4 Å². The van der Waals surface area contributed by atoms with Crippen molar-refractivity contribution in [1.82, 2.24) is 5.32 Å². The number of carbonyl (C=O) groups is 1. The van der Waals surface area contributed by atoms with Gasteiger partial charge in [0.05, 0.1) is 39.3 Å². The Hall–Kier alpha value is -2.94. The van der Waals surface area contributed by atoms with Gasteiger partial charge in [0.25, 0.3) is 0 Å². The molecule has 0 aliphatic heterocycles. The van der Waals surface area contributed by atoms with Gasteiger partial charge in [-0.25, -0.2) is 8.42 Å². The monoisotopic (exact) mass is 436 g/mol. The van der Waals surface area contributed by atoms with E-state index in [0.29, 0.717) is 23.7 Å². The van der Waals surface area contributed by atoms with Gasteiger partial charge in [0, 0.05) is 6.07 Å². The number of anilines is 1. The maximum Gasteiger partial charge on any atom is 0.241 e. The number of amides is 1. The molecule has 0 radical (unpaired) electrons. The summed E-state index contributed by atoms with van der Waals surface area (Å²) in [6, 6.07) is 11.9. The van der Waals surface area contributed by atoms with Crippen LogP contribution < -0.4 is 23.8 Å². The second kappa shape index (κ2) is 10.2. The SMILES string of the molecule is CC[C@H](NC(=O)CN(c1cc(OC)ccc1OC)S(C)(=O)=O)c1ccc(OC)cc1. The lowest BCUT2D eigenvalue weighted by Gasteiger charge is -2.25. The van der Waals surface area contributed by atoms with E-state index in [4.69, 9.17) is 14.2 Å². The molecule has 0 unspecified atom stereocenters. The van der Waals surface area contributed by atoms with E-state index in [1.54, 1.807) is 19.2 Å². The van der Waals surface area contributed by atoms with Gasteiger partial charge < -0.3 is 19.5 Å². The molecule has 164 valence electrons. The second-order valence-corrected chi connectivity index (χ2v) is 8.52. The van der Waals surface area contributed by atoms with Crippen molar-refractivity contribution in [3.05, 3.63) is 48.0 Å². The Morgan fingerprint density at radius 3 is 2.10 bits per heavy atom. The van der Waals surface area contributed by atoms with Gasteiger partial charge in [-0.3, -0.25) is 9.10 Å². The van der Waals surface area contributed by atoms with E-state index in [0.717, 1.165) is 16.1 Å². The number of hydrogen-bond acceptors (Lipinski definition) is 6. The molecule has 0 fully saturated rings. The molecule has 0 heterocycles. The van der Waals surface area contributed by atoms with Crippen molar-refractivity contribution < 1.29 is 27.4 Å². The van der Waals surface area contributed by atoms with Crippen LogP contribution in [0.4, 0.5) is 5.69 Å². The van der Waals surface area contributed by atoms with Gasteiger partial charge in [0.2, 0.25) is 15.9 Å². The number of nitrogens with zero attached hydrogens (tertiary/aromatic N) is 1. The number of hydrogen-bond donors (Lipinski definition) is 1. The van der Waals surface area contributed by atoms with Crippen molar-refractivity contribution in [3.63, 3.8) is 0 Å². The predicted octanol–water partition coefficient (Wildman–Crippen LogP) is 2.75. The highest BCUT2D eigenvalue weighted by Gasteiger charge is 2.25. The minimum absolute atomic E-state index is 0.229. The van der Waals surface area contributed by atoms with Gasteiger partial charge in [0.1, 0.15) is 23.8 Å². The fourth-order valence-electron chi connectivity index (χ4n) is 3.00. The Morgan fingerprint density at radius 2 is 1.60 bits per heavy atom. The summed E-state index contributed by atoms with van der Waals surface area (Å²) in [5, 5.41) is 2.90. The molecular weight excluding hydrogens is 408 g/mol. The highest BCUT2D eigenvalue weighted by atomic mass is 32.2. The molecule has 0 aromatic heterocycles. The van der Waals surface area contributed by atoms with E-state index in [2.05, 4.69) is 5.32 Å². The molecule has 0 aliphatic rings. The first kappa shape index (κ1) is 23.3. The number of rotatable bonds is 10. The van der Waals surface area contributed by atoms with E-state index < -0.39 is 22.5 Å². The first-order valence-electron chi connectivity index (χ1n) is 9.36. The van der Waals surface area contributed by atoms with Crippen molar-refractivity contribution in [2.24, 2.45) is 0 Å². The summed E-state index contributed by atoms with van der Waals surface area (Å²) in [6.45, 7) is 1.55. The topological polar surface area (TPSA) is 94.2 Å². The number of ether oxygens (including phenoxy) is 3. The first-order valence-corrected chi connectivity index (χ1v) is 11.2. The van der Waals surface area contributed by atoms with E-state index in [1.807, 2.05) is 31.2 Å². The molecule has 2 rings (SSSR count). The van der Waals surface area contributed by atoms with Gasteiger partial charge in [-0.05, 0) is 36.2 Å².